The van der Waals surface area contributed by atoms with E-state index in [0.717, 1.165) is 30.4 Å². The highest BCUT2D eigenvalue weighted by Gasteiger charge is 2.14. The third kappa shape index (κ3) is 6.94. The van der Waals surface area contributed by atoms with E-state index in [2.05, 4.69) is 45.1 Å². The van der Waals surface area contributed by atoms with Crippen molar-refractivity contribution < 1.29 is 5.11 Å². The van der Waals surface area contributed by atoms with Gasteiger partial charge in [0, 0.05) is 23.4 Å². The molecule has 1 N–H and O–H groups in total. The zero-order valence-corrected chi connectivity index (χ0v) is 16.2. The second kappa shape index (κ2) is 10.9. The van der Waals surface area contributed by atoms with Gasteiger partial charge in [-0.2, -0.15) is 0 Å². The summed E-state index contributed by atoms with van der Waals surface area (Å²) >= 11 is 9.53. The van der Waals surface area contributed by atoms with Crippen LogP contribution >= 0.6 is 27.5 Å². The van der Waals surface area contributed by atoms with Crippen molar-refractivity contribution >= 4 is 27.5 Å². The van der Waals surface area contributed by atoms with Crippen LogP contribution in [0, 0.1) is 0 Å². The largest absolute Gasteiger partial charge is 0.387 e. The molecule has 130 valence electrons. The molecule has 4 heteroatoms. The molecule has 1 atom stereocenters. The molecule has 0 unspecified atom stereocenters. The molecule has 0 saturated heterocycles. The van der Waals surface area contributed by atoms with Crippen molar-refractivity contribution in [2.45, 2.75) is 31.9 Å². The second-order valence-corrected chi connectivity index (χ2v) is 7.27. The Hall–Kier alpha value is -0.870. The number of unbranched alkanes of at least 4 members (excludes halogenated alkanes) is 2. The van der Waals surface area contributed by atoms with Crippen LogP contribution in [0.15, 0.2) is 54.6 Å². The van der Waals surface area contributed by atoms with Crippen LogP contribution in [0.3, 0.4) is 0 Å². The first-order chi connectivity index (χ1) is 11.7. The Labute approximate surface area is 158 Å². The summed E-state index contributed by atoms with van der Waals surface area (Å²) in [5, 5.41) is 12.3. The molecular weight excluding hydrogens is 386 g/mol. The summed E-state index contributed by atoms with van der Waals surface area (Å²) in [6.07, 6.45) is 3.00. The maximum absolute atomic E-state index is 10.6. The van der Waals surface area contributed by atoms with Crippen molar-refractivity contribution in [1.29, 1.82) is 0 Å². The number of benzene rings is 2. The lowest BCUT2D eigenvalue weighted by molar-refractivity contribution is 0.108. The van der Waals surface area contributed by atoms with E-state index in [9.17, 15) is 5.11 Å². The minimum Gasteiger partial charge on any atom is -0.387 e. The molecular formula is C20H25BrClNO. The van der Waals surface area contributed by atoms with Crippen LogP contribution < -0.4 is 0 Å². The predicted molar refractivity (Wildman–Crippen MR) is 106 cm³/mol. The average molecular weight is 411 g/mol. The SMILES string of the molecule is O[C@@H](CN(CCCCCBr)Cc1ccccc1)c1cccc(Cl)c1. The highest BCUT2D eigenvalue weighted by molar-refractivity contribution is 9.09. The average Bonchev–Trinajstić information content (AvgIpc) is 2.59. The first kappa shape index (κ1) is 19.5. The number of nitrogens with zero attached hydrogens (tertiary/aromatic N) is 1. The molecule has 2 aromatic rings. The normalized spacial score (nSPS) is 12.5. The van der Waals surface area contributed by atoms with Gasteiger partial charge in [0.2, 0.25) is 0 Å². The molecule has 24 heavy (non-hydrogen) atoms. The third-order valence-corrected chi connectivity index (χ3v) is 4.82. The van der Waals surface area contributed by atoms with Crippen molar-refractivity contribution in [1.82, 2.24) is 4.90 Å². The second-order valence-electron chi connectivity index (χ2n) is 6.04. The predicted octanol–water partition coefficient (Wildman–Crippen LogP) is 5.44. The Balaban J connectivity index is 1.98. The lowest BCUT2D eigenvalue weighted by Crippen LogP contribution is -2.29. The van der Waals surface area contributed by atoms with Crippen molar-refractivity contribution in [2.24, 2.45) is 0 Å². The Morgan fingerprint density at radius 3 is 2.50 bits per heavy atom. The van der Waals surface area contributed by atoms with Crippen molar-refractivity contribution in [3.8, 4) is 0 Å². The lowest BCUT2D eigenvalue weighted by Gasteiger charge is -2.25. The van der Waals surface area contributed by atoms with Crippen LogP contribution in [-0.2, 0) is 6.54 Å². The fraction of sp³-hybridized carbons (Fsp3) is 0.400. The monoisotopic (exact) mass is 409 g/mol. The summed E-state index contributed by atoms with van der Waals surface area (Å²) in [6.45, 7) is 2.45. The molecule has 0 aromatic heterocycles. The van der Waals surface area contributed by atoms with Gasteiger partial charge in [0.1, 0.15) is 0 Å². The fourth-order valence-corrected chi connectivity index (χ4v) is 3.34. The standard InChI is InChI=1S/C20H25BrClNO/c21-12-5-2-6-13-23(15-17-8-3-1-4-9-17)16-20(24)18-10-7-11-19(22)14-18/h1,3-4,7-11,14,20,24H,2,5-6,12-13,15-16H2/t20-/m0/s1. The molecule has 0 aliphatic rings. The van der Waals surface area contributed by atoms with Crippen LogP contribution in [0.25, 0.3) is 0 Å². The Bertz CT molecular complexity index is 593. The van der Waals surface area contributed by atoms with E-state index in [-0.39, 0.29) is 0 Å². The minimum absolute atomic E-state index is 0.524. The van der Waals surface area contributed by atoms with E-state index in [1.165, 1.54) is 18.4 Å². The molecule has 0 spiro atoms. The number of alkyl halides is 1. The molecule has 0 bridgehead atoms. The number of halogens is 2. The van der Waals surface area contributed by atoms with Gasteiger partial charge in [-0.05, 0) is 42.6 Å². The van der Waals surface area contributed by atoms with Crippen LogP contribution in [0.4, 0.5) is 0 Å². The summed E-state index contributed by atoms with van der Waals surface area (Å²) in [5.74, 6) is 0. The van der Waals surface area contributed by atoms with Crippen LogP contribution in [0.1, 0.15) is 36.5 Å². The smallest absolute Gasteiger partial charge is 0.0917 e. The molecule has 2 rings (SSSR count). The van der Waals surface area contributed by atoms with Gasteiger partial charge in [0.25, 0.3) is 0 Å². The maximum atomic E-state index is 10.6. The number of hydrogen-bond acceptors (Lipinski definition) is 2. The Kier molecular flexibility index (Phi) is 8.82. The molecule has 0 fully saturated rings. The molecule has 0 heterocycles. The van der Waals surface area contributed by atoms with E-state index in [4.69, 9.17) is 11.6 Å². The summed E-state index contributed by atoms with van der Waals surface area (Å²) in [6, 6.07) is 17.9. The first-order valence-electron chi connectivity index (χ1n) is 8.45. The molecule has 2 nitrogen and oxygen atoms in total. The Morgan fingerprint density at radius 1 is 1.00 bits per heavy atom. The quantitative estimate of drug-likeness (QED) is 0.416. The minimum atomic E-state index is -0.524. The van der Waals surface area contributed by atoms with Crippen molar-refractivity contribution in [3.05, 3.63) is 70.7 Å². The van der Waals surface area contributed by atoms with Gasteiger partial charge >= 0.3 is 0 Å². The van der Waals surface area contributed by atoms with Gasteiger partial charge in [-0.3, -0.25) is 4.90 Å². The summed E-state index contributed by atoms with van der Waals surface area (Å²) in [4.78, 5) is 2.33. The fourth-order valence-electron chi connectivity index (χ4n) is 2.75. The van der Waals surface area contributed by atoms with E-state index >= 15 is 0 Å². The molecule has 0 saturated carbocycles. The van der Waals surface area contributed by atoms with E-state index in [1.807, 2.05) is 30.3 Å². The zero-order valence-electron chi connectivity index (χ0n) is 13.9. The lowest BCUT2D eigenvalue weighted by atomic mass is 10.1. The van der Waals surface area contributed by atoms with Gasteiger partial charge in [0.15, 0.2) is 0 Å². The number of aliphatic hydroxyl groups is 1. The van der Waals surface area contributed by atoms with Crippen LogP contribution in [-0.4, -0.2) is 28.4 Å². The van der Waals surface area contributed by atoms with Crippen molar-refractivity contribution in [3.63, 3.8) is 0 Å². The number of hydrogen-bond donors (Lipinski definition) is 1. The topological polar surface area (TPSA) is 23.5 Å². The van der Waals surface area contributed by atoms with Crippen molar-refractivity contribution in [2.75, 3.05) is 18.4 Å². The van der Waals surface area contributed by atoms with E-state index in [1.54, 1.807) is 0 Å². The first-order valence-corrected chi connectivity index (χ1v) is 9.95. The van der Waals surface area contributed by atoms with Gasteiger partial charge in [0.05, 0.1) is 6.10 Å². The highest BCUT2D eigenvalue weighted by atomic mass is 79.9. The zero-order chi connectivity index (χ0) is 17.2. The molecule has 0 aliphatic carbocycles. The number of rotatable bonds is 10. The van der Waals surface area contributed by atoms with Gasteiger partial charge in [-0.15, -0.1) is 0 Å². The molecule has 0 radical (unpaired) electrons. The van der Waals surface area contributed by atoms with Crippen LogP contribution in [0.5, 0.6) is 0 Å². The Morgan fingerprint density at radius 2 is 1.79 bits per heavy atom. The highest BCUT2D eigenvalue weighted by Crippen LogP contribution is 2.20. The molecule has 2 aromatic carbocycles. The maximum Gasteiger partial charge on any atom is 0.0917 e. The summed E-state index contributed by atoms with van der Waals surface area (Å²) < 4.78 is 0. The van der Waals surface area contributed by atoms with Gasteiger partial charge in [-0.1, -0.05) is 76.4 Å². The van der Waals surface area contributed by atoms with Crippen LogP contribution in [0.2, 0.25) is 5.02 Å². The summed E-state index contributed by atoms with van der Waals surface area (Å²) in [5.41, 5.74) is 2.15. The number of aliphatic hydroxyl groups excluding tert-OH is 1. The van der Waals surface area contributed by atoms with Gasteiger partial charge < -0.3 is 5.11 Å². The van der Waals surface area contributed by atoms with Gasteiger partial charge in [-0.25, -0.2) is 0 Å². The molecule has 0 amide bonds. The third-order valence-electron chi connectivity index (χ3n) is 4.02. The molecule has 0 aliphatic heterocycles. The van der Waals surface area contributed by atoms with E-state index in [0.29, 0.717) is 11.6 Å². The van der Waals surface area contributed by atoms with E-state index < -0.39 is 6.10 Å². The summed E-state index contributed by atoms with van der Waals surface area (Å²) in [7, 11) is 0.